The minimum atomic E-state index is 0.0532. The van der Waals surface area contributed by atoms with E-state index in [4.69, 9.17) is 15.7 Å². The van der Waals surface area contributed by atoms with Gasteiger partial charge >= 0.3 is 0 Å². The second-order valence-electron chi connectivity index (χ2n) is 5.14. The van der Waals surface area contributed by atoms with E-state index < -0.39 is 0 Å². The maximum absolute atomic E-state index is 8.83. The molecule has 0 radical (unpaired) electrons. The topological polar surface area (TPSA) is 79.9 Å². The number of ether oxygens (including phenoxy) is 1. The number of nitrogens with one attached hydrogen (secondary N) is 1. The summed E-state index contributed by atoms with van der Waals surface area (Å²) in [7, 11) is 1.56. The van der Waals surface area contributed by atoms with Crippen molar-refractivity contribution >= 4 is 5.84 Å². The van der Waals surface area contributed by atoms with Crippen LogP contribution < -0.4 is 15.8 Å². The summed E-state index contributed by atoms with van der Waals surface area (Å²) in [6.07, 6.45) is 2.12. The van der Waals surface area contributed by atoms with Crippen molar-refractivity contribution < 1.29 is 9.94 Å². The second kappa shape index (κ2) is 7.14. The molecule has 5 nitrogen and oxygen atoms in total. The van der Waals surface area contributed by atoms with Crippen LogP contribution in [-0.2, 0) is 6.54 Å². The van der Waals surface area contributed by atoms with Crippen LogP contribution in [0.3, 0.4) is 0 Å². The van der Waals surface area contributed by atoms with Gasteiger partial charge in [0.25, 0.3) is 0 Å². The summed E-state index contributed by atoms with van der Waals surface area (Å²) in [5.74, 6) is 0.648. The lowest BCUT2D eigenvalue weighted by Gasteiger charge is -2.28. The lowest BCUT2D eigenvalue weighted by Crippen LogP contribution is -2.40. The Morgan fingerprint density at radius 2 is 2.05 bits per heavy atom. The lowest BCUT2D eigenvalue weighted by molar-refractivity contribution is 0.318. The van der Waals surface area contributed by atoms with Crippen molar-refractivity contribution in [3.63, 3.8) is 0 Å². The van der Waals surface area contributed by atoms with Gasteiger partial charge in [-0.2, -0.15) is 0 Å². The minimum absolute atomic E-state index is 0.0532. The summed E-state index contributed by atoms with van der Waals surface area (Å²) in [6, 6.07) is 5.69. The molecular weight excluding hydrogens is 254 g/mol. The first-order valence-corrected chi connectivity index (χ1v) is 6.89. The largest absolute Gasteiger partial charge is 0.496 e. The molecule has 0 aliphatic heterocycles. The summed E-state index contributed by atoms with van der Waals surface area (Å²) < 4.78 is 5.22. The molecule has 20 heavy (non-hydrogen) atoms. The highest BCUT2D eigenvalue weighted by molar-refractivity contribution is 5.99. The van der Waals surface area contributed by atoms with Gasteiger partial charge in [-0.3, -0.25) is 0 Å². The van der Waals surface area contributed by atoms with Crippen molar-refractivity contribution in [3.05, 3.63) is 29.3 Å². The minimum Gasteiger partial charge on any atom is -0.496 e. The monoisotopic (exact) mass is 279 g/mol. The van der Waals surface area contributed by atoms with Crippen molar-refractivity contribution in [2.24, 2.45) is 10.9 Å². The highest BCUT2D eigenvalue weighted by atomic mass is 16.5. The fourth-order valence-corrected chi connectivity index (χ4v) is 1.93. The number of amidine groups is 1. The zero-order valence-electron chi connectivity index (χ0n) is 12.7. The maximum Gasteiger partial charge on any atom is 0.173 e. The van der Waals surface area contributed by atoms with E-state index in [0.29, 0.717) is 11.3 Å². The van der Waals surface area contributed by atoms with E-state index >= 15 is 0 Å². The molecule has 1 aromatic carbocycles. The molecule has 0 aliphatic carbocycles. The molecule has 1 aromatic rings. The number of rotatable bonds is 7. The van der Waals surface area contributed by atoms with Crippen molar-refractivity contribution in [2.75, 3.05) is 7.11 Å². The van der Waals surface area contributed by atoms with Crippen molar-refractivity contribution in [1.29, 1.82) is 0 Å². The Kier molecular flexibility index (Phi) is 5.82. The number of nitrogens with two attached hydrogens (primary N) is 1. The molecule has 0 bridgehead atoms. The molecule has 0 spiro atoms. The Hall–Kier alpha value is -1.75. The Balaban J connectivity index is 2.93. The van der Waals surface area contributed by atoms with Crippen molar-refractivity contribution in [1.82, 2.24) is 5.32 Å². The van der Waals surface area contributed by atoms with Gasteiger partial charge in [0.15, 0.2) is 5.84 Å². The van der Waals surface area contributed by atoms with E-state index in [2.05, 4.69) is 31.2 Å². The molecule has 0 saturated heterocycles. The first-order chi connectivity index (χ1) is 9.49. The van der Waals surface area contributed by atoms with Crippen LogP contribution in [0.25, 0.3) is 0 Å². The number of hydrogen-bond donors (Lipinski definition) is 3. The smallest absolute Gasteiger partial charge is 0.173 e. The third-order valence-corrected chi connectivity index (χ3v) is 3.93. The summed E-state index contributed by atoms with van der Waals surface area (Å²) >= 11 is 0. The number of hydrogen-bond acceptors (Lipinski definition) is 4. The molecule has 5 heteroatoms. The molecule has 0 aromatic heterocycles. The first kappa shape index (κ1) is 16.3. The molecule has 0 aliphatic rings. The highest BCUT2D eigenvalue weighted by Crippen LogP contribution is 2.21. The number of oxime groups is 1. The van der Waals surface area contributed by atoms with E-state index in [-0.39, 0.29) is 11.4 Å². The van der Waals surface area contributed by atoms with Crippen LogP contribution >= 0.6 is 0 Å². The number of nitrogens with zero attached hydrogens (tertiary/aromatic N) is 1. The van der Waals surface area contributed by atoms with E-state index in [1.165, 1.54) is 0 Å². The molecule has 0 fully saturated rings. The zero-order valence-corrected chi connectivity index (χ0v) is 12.7. The van der Waals surface area contributed by atoms with Crippen LogP contribution in [0, 0.1) is 0 Å². The average molecular weight is 279 g/mol. The number of benzene rings is 1. The van der Waals surface area contributed by atoms with E-state index in [0.717, 1.165) is 24.9 Å². The third kappa shape index (κ3) is 3.87. The van der Waals surface area contributed by atoms with Crippen LogP contribution in [0.15, 0.2) is 23.4 Å². The van der Waals surface area contributed by atoms with Crippen LogP contribution in [0.1, 0.15) is 44.7 Å². The fourth-order valence-electron chi connectivity index (χ4n) is 1.93. The van der Waals surface area contributed by atoms with Gasteiger partial charge in [-0.15, -0.1) is 0 Å². The van der Waals surface area contributed by atoms with Gasteiger partial charge in [0.05, 0.1) is 12.7 Å². The van der Waals surface area contributed by atoms with E-state index in [9.17, 15) is 0 Å². The molecule has 0 heterocycles. The maximum atomic E-state index is 8.83. The van der Waals surface area contributed by atoms with Gasteiger partial charge in [-0.05, 0) is 37.5 Å². The van der Waals surface area contributed by atoms with Gasteiger partial charge < -0.3 is 21.0 Å². The predicted octanol–water partition coefficient (Wildman–Crippen LogP) is 2.46. The van der Waals surface area contributed by atoms with Crippen molar-refractivity contribution in [2.45, 2.75) is 45.7 Å². The lowest BCUT2D eigenvalue weighted by atomic mass is 9.95. The summed E-state index contributed by atoms with van der Waals surface area (Å²) in [6.45, 7) is 7.29. The SMILES string of the molecule is CCC(C)(CC)NCc1ccc(OC)c(/C(N)=N/O)c1. The number of methoxy groups -OCH3 is 1. The fraction of sp³-hybridized carbons (Fsp3) is 0.533. The summed E-state index contributed by atoms with van der Waals surface area (Å²) in [5, 5.41) is 15.4. The Labute approximate surface area is 120 Å². The Bertz CT molecular complexity index is 468. The van der Waals surface area contributed by atoms with E-state index in [1.807, 2.05) is 18.2 Å². The molecule has 0 saturated carbocycles. The quantitative estimate of drug-likeness (QED) is 0.310. The van der Waals surface area contributed by atoms with Crippen LogP contribution in [0.5, 0.6) is 5.75 Å². The normalized spacial score (nSPS) is 12.5. The average Bonchev–Trinajstić information content (AvgIpc) is 2.51. The second-order valence-corrected chi connectivity index (χ2v) is 5.14. The van der Waals surface area contributed by atoms with Crippen LogP contribution in [0.2, 0.25) is 0 Å². The predicted molar refractivity (Wildman–Crippen MR) is 81.3 cm³/mol. The third-order valence-electron chi connectivity index (χ3n) is 3.93. The molecule has 4 N–H and O–H groups in total. The summed E-state index contributed by atoms with van der Waals surface area (Å²) in [5.41, 5.74) is 7.47. The Morgan fingerprint density at radius 3 is 2.55 bits per heavy atom. The highest BCUT2D eigenvalue weighted by Gasteiger charge is 2.18. The van der Waals surface area contributed by atoms with Gasteiger partial charge in [-0.1, -0.05) is 25.1 Å². The van der Waals surface area contributed by atoms with Gasteiger partial charge in [0, 0.05) is 12.1 Å². The zero-order chi connectivity index (χ0) is 15.2. The van der Waals surface area contributed by atoms with E-state index in [1.54, 1.807) is 7.11 Å². The van der Waals surface area contributed by atoms with Crippen LogP contribution in [0.4, 0.5) is 0 Å². The first-order valence-electron chi connectivity index (χ1n) is 6.89. The standard InChI is InChI=1S/C15H25N3O2/c1-5-15(3,6-2)17-10-11-7-8-13(20-4)12(9-11)14(16)18-19/h7-9,17,19H,5-6,10H2,1-4H3,(H2,16,18). The molecule has 1 rings (SSSR count). The Morgan fingerprint density at radius 1 is 1.40 bits per heavy atom. The molecule has 0 unspecified atom stereocenters. The molecule has 0 atom stereocenters. The van der Waals surface area contributed by atoms with Gasteiger partial charge in [0.2, 0.25) is 0 Å². The van der Waals surface area contributed by atoms with Crippen LogP contribution in [-0.4, -0.2) is 23.7 Å². The molecular formula is C15H25N3O2. The molecule has 112 valence electrons. The summed E-state index contributed by atoms with van der Waals surface area (Å²) in [4.78, 5) is 0. The van der Waals surface area contributed by atoms with Gasteiger partial charge in [-0.25, -0.2) is 0 Å². The molecule has 0 amide bonds. The van der Waals surface area contributed by atoms with Gasteiger partial charge in [0.1, 0.15) is 5.75 Å². The van der Waals surface area contributed by atoms with Crippen molar-refractivity contribution in [3.8, 4) is 5.75 Å².